The maximum atomic E-state index is 13.3. The minimum atomic E-state index is -1.18. The minimum Gasteiger partial charge on any atom is -0.479 e. The number of halogens is 1. The predicted molar refractivity (Wildman–Crippen MR) is 67.9 cm³/mol. The first-order valence-electron chi connectivity index (χ1n) is 5.90. The van der Waals surface area contributed by atoms with Crippen molar-refractivity contribution in [3.63, 3.8) is 0 Å². The number of aliphatic carboxylic acids is 1. The molecule has 0 aliphatic heterocycles. The van der Waals surface area contributed by atoms with Gasteiger partial charge in [-0.15, -0.1) is 0 Å². The van der Waals surface area contributed by atoms with Crippen molar-refractivity contribution in [2.45, 2.75) is 19.1 Å². The number of carbonyl (C=O) groups excluding carboxylic acids is 1. The fraction of sp³-hybridized carbons (Fsp3) is 0.385. The van der Waals surface area contributed by atoms with E-state index in [2.05, 4.69) is 10.1 Å². The van der Waals surface area contributed by atoms with Crippen molar-refractivity contribution < 1.29 is 28.6 Å². The van der Waals surface area contributed by atoms with Crippen molar-refractivity contribution in [1.29, 1.82) is 0 Å². The highest BCUT2D eigenvalue weighted by atomic mass is 19.1. The molecule has 1 amide bonds. The quantitative estimate of drug-likeness (QED) is 0.774. The van der Waals surface area contributed by atoms with Gasteiger partial charge in [-0.2, -0.15) is 0 Å². The lowest BCUT2D eigenvalue weighted by Crippen LogP contribution is -2.43. The van der Waals surface area contributed by atoms with E-state index >= 15 is 0 Å². The fourth-order valence-corrected chi connectivity index (χ4v) is 1.39. The average molecular weight is 285 g/mol. The van der Waals surface area contributed by atoms with Gasteiger partial charge in [-0.3, -0.25) is 4.79 Å². The number of rotatable bonds is 7. The number of ether oxygens (including phenoxy) is 2. The second-order valence-corrected chi connectivity index (χ2v) is 4.00. The van der Waals surface area contributed by atoms with E-state index in [9.17, 15) is 14.0 Å². The number of nitrogens with one attached hydrogen (secondary N) is 1. The molecule has 7 heteroatoms. The van der Waals surface area contributed by atoms with Crippen LogP contribution in [0.3, 0.4) is 0 Å². The zero-order valence-electron chi connectivity index (χ0n) is 11.1. The Hall–Kier alpha value is -2.15. The maximum absolute atomic E-state index is 13.3. The summed E-state index contributed by atoms with van der Waals surface area (Å²) in [6.07, 6.45) is -2.10. The molecule has 1 aromatic carbocycles. The summed E-state index contributed by atoms with van der Waals surface area (Å²) < 4.78 is 23.2. The molecule has 20 heavy (non-hydrogen) atoms. The number of hydrogen-bond acceptors (Lipinski definition) is 4. The molecule has 6 nitrogen and oxygen atoms in total. The lowest BCUT2D eigenvalue weighted by atomic mass is 10.3. The van der Waals surface area contributed by atoms with Crippen LogP contribution < -0.4 is 10.1 Å². The van der Waals surface area contributed by atoms with Gasteiger partial charge in [0.25, 0.3) is 5.91 Å². The number of carbonyl (C=O) groups is 2. The summed E-state index contributed by atoms with van der Waals surface area (Å²) in [5, 5.41) is 11.1. The number of methoxy groups -OCH3 is 1. The van der Waals surface area contributed by atoms with Gasteiger partial charge in [0.2, 0.25) is 0 Å². The summed E-state index contributed by atoms with van der Waals surface area (Å²) in [6, 6.07) is 5.69. The first kappa shape index (κ1) is 15.9. The minimum absolute atomic E-state index is 0.0447. The smallest absolute Gasteiger partial charge is 0.334 e. The standard InChI is InChI=1S/C13H16FNO5/c1-8(20-10-6-4-3-5-9(10)14)12(16)15-7-11(19-2)13(17)18/h3-6,8,11H,7H2,1-2H3,(H,15,16)(H,17,18). The molecule has 0 saturated carbocycles. The Morgan fingerprint density at radius 1 is 1.40 bits per heavy atom. The monoisotopic (exact) mass is 285 g/mol. The van der Waals surface area contributed by atoms with E-state index in [-0.39, 0.29) is 12.3 Å². The topological polar surface area (TPSA) is 84.9 Å². The number of benzene rings is 1. The zero-order chi connectivity index (χ0) is 15.1. The summed E-state index contributed by atoms with van der Waals surface area (Å²) in [5.74, 6) is -2.36. The van der Waals surface area contributed by atoms with Crippen LogP contribution in [0.5, 0.6) is 5.75 Å². The van der Waals surface area contributed by atoms with Crippen LogP contribution in [0.1, 0.15) is 6.92 Å². The number of hydrogen-bond donors (Lipinski definition) is 2. The second-order valence-electron chi connectivity index (χ2n) is 4.00. The molecule has 1 rings (SSSR count). The third-order valence-corrected chi connectivity index (χ3v) is 2.53. The number of amides is 1. The van der Waals surface area contributed by atoms with E-state index in [0.717, 1.165) is 0 Å². The summed E-state index contributed by atoms with van der Waals surface area (Å²) in [6.45, 7) is 1.24. The highest BCUT2D eigenvalue weighted by Crippen LogP contribution is 2.16. The molecule has 0 fully saturated rings. The predicted octanol–water partition coefficient (Wildman–Crippen LogP) is 0.809. The van der Waals surface area contributed by atoms with Gasteiger partial charge in [-0.25, -0.2) is 9.18 Å². The van der Waals surface area contributed by atoms with Crippen molar-refractivity contribution in [2.75, 3.05) is 13.7 Å². The molecule has 0 saturated heterocycles. The average Bonchev–Trinajstić information content (AvgIpc) is 2.41. The number of para-hydroxylation sites is 1. The molecule has 2 unspecified atom stereocenters. The first-order valence-corrected chi connectivity index (χ1v) is 5.90. The van der Waals surface area contributed by atoms with E-state index in [0.29, 0.717) is 0 Å². The Kier molecular flexibility index (Phi) is 5.92. The molecule has 0 bridgehead atoms. The normalized spacial score (nSPS) is 13.3. The van der Waals surface area contributed by atoms with Crippen molar-refractivity contribution in [3.8, 4) is 5.75 Å². The van der Waals surface area contributed by atoms with Crippen LogP contribution >= 0.6 is 0 Å². The van der Waals surface area contributed by atoms with Crippen LogP contribution in [0.25, 0.3) is 0 Å². The Balaban J connectivity index is 2.51. The van der Waals surface area contributed by atoms with E-state index in [1.54, 1.807) is 6.07 Å². The molecule has 0 aromatic heterocycles. The number of carboxylic acids is 1. The molecule has 0 spiro atoms. The largest absolute Gasteiger partial charge is 0.479 e. The van der Waals surface area contributed by atoms with Crippen LogP contribution in [0, 0.1) is 5.82 Å². The molecule has 110 valence electrons. The summed E-state index contributed by atoms with van der Waals surface area (Å²) >= 11 is 0. The van der Waals surface area contributed by atoms with E-state index in [4.69, 9.17) is 9.84 Å². The van der Waals surface area contributed by atoms with E-state index in [1.807, 2.05) is 0 Å². The third-order valence-electron chi connectivity index (χ3n) is 2.53. The van der Waals surface area contributed by atoms with Gasteiger partial charge in [0.1, 0.15) is 0 Å². The summed E-state index contributed by atoms with van der Waals surface area (Å²) in [4.78, 5) is 22.4. The lowest BCUT2D eigenvalue weighted by molar-refractivity contribution is -0.148. The van der Waals surface area contributed by atoms with Crippen molar-refractivity contribution in [3.05, 3.63) is 30.1 Å². The van der Waals surface area contributed by atoms with E-state index < -0.39 is 29.9 Å². The van der Waals surface area contributed by atoms with Crippen molar-refractivity contribution >= 4 is 11.9 Å². The van der Waals surface area contributed by atoms with Crippen LogP contribution in [0.4, 0.5) is 4.39 Å². The molecular formula is C13H16FNO5. The van der Waals surface area contributed by atoms with Gasteiger partial charge in [0.15, 0.2) is 23.8 Å². The molecule has 0 heterocycles. The lowest BCUT2D eigenvalue weighted by Gasteiger charge is -2.16. The molecule has 0 aliphatic rings. The van der Waals surface area contributed by atoms with Gasteiger partial charge in [-0.1, -0.05) is 12.1 Å². The number of carboxylic acid groups (broad SMARTS) is 1. The second kappa shape index (κ2) is 7.44. The van der Waals surface area contributed by atoms with Gasteiger partial charge in [-0.05, 0) is 19.1 Å². The maximum Gasteiger partial charge on any atom is 0.334 e. The molecule has 0 aliphatic carbocycles. The van der Waals surface area contributed by atoms with Crippen molar-refractivity contribution in [2.24, 2.45) is 0 Å². The Labute approximate surface area is 115 Å². The molecule has 1 aromatic rings. The molecular weight excluding hydrogens is 269 g/mol. The SMILES string of the molecule is COC(CNC(=O)C(C)Oc1ccccc1F)C(=O)O. The molecule has 2 atom stereocenters. The molecule has 0 radical (unpaired) electrons. The Bertz CT molecular complexity index is 480. The zero-order valence-corrected chi connectivity index (χ0v) is 11.1. The first-order chi connectivity index (χ1) is 9.45. The molecule has 2 N–H and O–H groups in total. The highest BCUT2D eigenvalue weighted by Gasteiger charge is 2.21. The Morgan fingerprint density at radius 3 is 2.60 bits per heavy atom. The Morgan fingerprint density at radius 2 is 2.05 bits per heavy atom. The van der Waals surface area contributed by atoms with Crippen molar-refractivity contribution in [1.82, 2.24) is 5.32 Å². The van der Waals surface area contributed by atoms with Gasteiger partial charge in [0.05, 0.1) is 6.54 Å². The summed E-state index contributed by atoms with van der Waals surface area (Å²) in [5.41, 5.74) is 0. The van der Waals surface area contributed by atoms with Crippen LogP contribution in [-0.2, 0) is 14.3 Å². The van der Waals surface area contributed by atoms with Crippen LogP contribution in [-0.4, -0.2) is 42.8 Å². The van der Waals surface area contributed by atoms with Crippen LogP contribution in [0.15, 0.2) is 24.3 Å². The highest BCUT2D eigenvalue weighted by molar-refractivity contribution is 5.81. The van der Waals surface area contributed by atoms with Gasteiger partial charge in [0, 0.05) is 7.11 Å². The van der Waals surface area contributed by atoms with Gasteiger partial charge >= 0.3 is 5.97 Å². The third kappa shape index (κ3) is 4.51. The summed E-state index contributed by atoms with van der Waals surface area (Å²) in [7, 11) is 1.23. The van der Waals surface area contributed by atoms with E-state index in [1.165, 1.54) is 32.2 Å². The van der Waals surface area contributed by atoms with Gasteiger partial charge < -0.3 is 19.9 Å². The fourth-order valence-electron chi connectivity index (χ4n) is 1.39. The van der Waals surface area contributed by atoms with Crippen LogP contribution in [0.2, 0.25) is 0 Å².